The van der Waals surface area contributed by atoms with Crippen LogP contribution in [0.3, 0.4) is 0 Å². The summed E-state index contributed by atoms with van der Waals surface area (Å²) in [6, 6.07) is 0.191. The van der Waals surface area contributed by atoms with E-state index in [2.05, 4.69) is 5.32 Å². The fourth-order valence-corrected chi connectivity index (χ4v) is 4.40. The molecule has 0 aromatic heterocycles. The van der Waals surface area contributed by atoms with Crippen LogP contribution in [-0.4, -0.2) is 27.7 Å². The molecule has 3 rings (SSSR count). The summed E-state index contributed by atoms with van der Waals surface area (Å²) < 4.78 is 11.2. The van der Waals surface area contributed by atoms with E-state index in [1.54, 1.807) is 0 Å². The van der Waals surface area contributed by atoms with Crippen LogP contribution in [0.2, 0.25) is 0 Å². The molecule has 16 heavy (non-hydrogen) atoms. The topological polar surface area (TPSA) is 46.2 Å². The van der Waals surface area contributed by atoms with E-state index in [1.165, 1.54) is 19.3 Å². The highest BCUT2D eigenvalue weighted by molar-refractivity contribution is 7.85. The Balaban J connectivity index is 1.46. The predicted octanol–water partition coefficient (Wildman–Crippen LogP) is 1.06. The van der Waals surface area contributed by atoms with Gasteiger partial charge in [-0.1, -0.05) is 19.3 Å². The number of hydrogen-bond acceptors (Lipinski definition) is 2. The van der Waals surface area contributed by atoms with Gasteiger partial charge in [-0.15, -0.1) is 0 Å². The van der Waals surface area contributed by atoms with Gasteiger partial charge in [-0.3, -0.25) is 9.00 Å². The van der Waals surface area contributed by atoms with Crippen LogP contribution in [-0.2, 0) is 15.6 Å². The van der Waals surface area contributed by atoms with Crippen molar-refractivity contribution in [3.63, 3.8) is 0 Å². The second kappa shape index (κ2) is 4.13. The van der Waals surface area contributed by atoms with Crippen molar-refractivity contribution in [1.82, 2.24) is 5.32 Å². The normalized spacial score (nSPS) is 42.8. The molecule has 1 amide bonds. The summed E-state index contributed by atoms with van der Waals surface area (Å²) >= 11 is 0. The largest absolute Gasteiger partial charge is 0.352 e. The minimum absolute atomic E-state index is 0.191. The summed E-state index contributed by atoms with van der Waals surface area (Å²) in [7, 11) is -0.685. The second-order valence-electron chi connectivity index (χ2n) is 5.50. The first-order valence-electron chi connectivity index (χ1n) is 6.39. The molecule has 4 atom stereocenters. The van der Waals surface area contributed by atoms with Gasteiger partial charge in [-0.2, -0.15) is 0 Å². The molecule has 0 aromatic rings. The van der Waals surface area contributed by atoms with E-state index in [9.17, 15) is 9.00 Å². The molecule has 90 valence electrons. The maximum absolute atomic E-state index is 11.9. The molecule has 1 heterocycles. The van der Waals surface area contributed by atoms with Crippen LogP contribution in [0.15, 0.2) is 0 Å². The van der Waals surface area contributed by atoms with Crippen molar-refractivity contribution < 1.29 is 9.00 Å². The zero-order chi connectivity index (χ0) is 11.1. The Kier molecular flexibility index (Phi) is 2.78. The van der Waals surface area contributed by atoms with Gasteiger partial charge in [0.15, 0.2) is 0 Å². The Bertz CT molecular complexity index is 327. The van der Waals surface area contributed by atoms with Crippen LogP contribution < -0.4 is 5.32 Å². The van der Waals surface area contributed by atoms with Crippen molar-refractivity contribution in [3.05, 3.63) is 0 Å². The lowest BCUT2D eigenvalue weighted by Crippen LogP contribution is -2.37. The lowest BCUT2D eigenvalue weighted by molar-refractivity contribution is -0.123. The van der Waals surface area contributed by atoms with E-state index in [0.717, 1.165) is 24.5 Å². The number of nitrogens with one attached hydrogen (secondary N) is 1. The standard InChI is InChI=1S/C12H19NO2S/c14-12(13-9-4-5-16(15)7-9)11-6-10(11)8-2-1-3-8/h8-11H,1-7H2,(H,13,14). The molecule has 1 N–H and O–H groups in total. The molecular formula is C12H19NO2S. The number of amides is 1. The minimum Gasteiger partial charge on any atom is -0.352 e. The molecule has 1 saturated heterocycles. The van der Waals surface area contributed by atoms with Gasteiger partial charge >= 0.3 is 0 Å². The van der Waals surface area contributed by atoms with E-state index >= 15 is 0 Å². The Hall–Kier alpha value is -0.380. The number of carbonyl (C=O) groups is 1. The SMILES string of the molecule is O=C(NC1CCS(=O)C1)C1CC1C1CCC1. The number of carbonyl (C=O) groups excluding carboxylic acids is 1. The van der Waals surface area contributed by atoms with Gasteiger partial charge < -0.3 is 5.32 Å². The highest BCUT2D eigenvalue weighted by Gasteiger charge is 2.49. The molecule has 1 aliphatic heterocycles. The third-order valence-corrected chi connectivity index (χ3v) is 5.82. The first kappa shape index (κ1) is 10.8. The first-order chi connectivity index (χ1) is 7.74. The van der Waals surface area contributed by atoms with Crippen LogP contribution in [0, 0.1) is 17.8 Å². The van der Waals surface area contributed by atoms with Crippen molar-refractivity contribution in [1.29, 1.82) is 0 Å². The van der Waals surface area contributed by atoms with E-state index in [0.29, 0.717) is 17.6 Å². The summed E-state index contributed by atoms with van der Waals surface area (Å²) in [5.74, 6) is 3.49. The van der Waals surface area contributed by atoms with Crippen molar-refractivity contribution in [2.75, 3.05) is 11.5 Å². The van der Waals surface area contributed by atoms with Gasteiger partial charge in [0.05, 0.1) is 0 Å². The second-order valence-corrected chi connectivity index (χ2v) is 7.12. The molecule has 3 nitrogen and oxygen atoms in total. The van der Waals surface area contributed by atoms with Gasteiger partial charge in [0.1, 0.15) is 0 Å². The van der Waals surface area contributed by atoms with Gasteiger partial charge in [0.2, 0.25) is 5.91 Å². The molecule has 4 unspecified atom stereocenters. The third kappa shape index (κ3) is 2.04. The molecule has 4 heteroatoms. The molecule has 2 saturated carbocycles. The van der Waals surface area contributed by atoms with Gasteiger partial charge in [0.25, 0.3) is 0 Å². The highest BCUT2D eigenvalue weighted by Crippen LogP contribution is 2.51. The van der Waals surface area contributed by atoms with E-state index in [-0.39, 0.29) is 11.9 Å². The number of rotatable bonds is 3. The first-order valence-corrected chi connectivity index (χ1v) is 7.88. The molecular weight excluding hydrogens is 222 g/mol. The maximum atomic E-state index is 11.9. The summed E-state index contributed by atoms with van der Waals surface area (Å²) in [5, 5.41) is 3.07. The van der Waals surface area contributed by atoms with Crippen molar-refractivity contribution >= 4 is 16.7 Å². The summed E-state index contributed by atoms with van der Waals surface area (Å²) in [6.45, 7) is 0. The van der Waals surface area contributed by atoms with Crippen LogP contribution >= 0.6 is 0 Å². The van der Waals surface area contributed by atoms with Gasteiger partial charge in [-0.05, 0) is 24.7 Å². The van der Waals surface area contributed by atoms with Crippen LogP contribution in [0.4, 0.5) is 0 Å². The molecule has 0 aromatic carbocycles. The summed E-state index contributed by atoms with van der Waals surface area (Å²) in [6.07, 6.45) is 6.03. The Morgan fingerprint density at radius 2 is 2.06 bits per heavy atom. The van der Waals surface area contributed by atoms with Crippen molar-refractivity contribution in [2.45, 2.75) is 38.1 Å². The third-order valence-electron chi connectivity index (χ3n) is 4.36. The fraction of sp³-hybridized carbons (Fsp3) is 0.917. The Labute approximate surface area is 98.8 Å². The zero-order valence-corrected chi connectivity index (χ0v) is 10.3. The predicted molar refractivity (Wildman–Crippen MR) is 63.4 cm³/mol. The van der Waals surface area contributed by atoms with Crippen molar-refractivity contribution in [2.24, 2.45) is 17.8 Å². The average molecular weight is 241 g/mol. The molecule has 0 spiro atoms. The Morgan fingerprint density at radius 3 is 2.62 bits per heavy atom. The molecule has 2 aliphatic carbocycles. The summed E-state index contributed by atoms with van der Waals surface area (Å²) in [4.78, 5) is 11.9. The molecule has 3 fully saturated rings. The number of hydrogen-bond donors (Lipinski definition) is 1. The van der Waals surface area contributed by atoms with Crippen LogP contribution in [0.1, 0.15) is 32.1 Å². The van der Waals surface area contributed by atoms with Crippen LogP contribution in [0.5, 0.6) is 0 Å². The smallest absolute Gasteiger partial charge is 0.223 e. The minimum atomic E-state index is -0.685. The lowest BCUT2D eigenvalue weighted by atomic mass is 9.81. The van der Waals surface area contributed by atoms with E-state index < -0.39 is 10.8 Å². The van der Waals surface area contributed by atoms with Crippen molar-refractivity contribution in [3.8, 4) is 0 Å². The Morgan fingerprint density at radius 1 is 1.25 bits per heavy atom. The summed E-state index contributed by atoms with van der Waals surface area (Å²) in [5.41, 5.74) is 0. The maximum Gasteiger partial charge on any atom is 0.223 e. The lowest BCUT2D eigenvalue weighted by Gasteiger charge is -2.25. The molecule has 3 aliphatic rings. The molecule has 0 radical (unpaired) electrons. The van der Waals surface area contributed by atoms with Crippen LogP contribution in [0.25, 0.3) is 0 Å². The van der Waals surface area contributed by atoms with E-state index in [4.69, 9.17) is 0 Å². The molecule has 0 bridgehead atoms. The average Bonchev–Trinajstić information content (AvgIpc) is 2.82. The fourth-order valence-electron chi connectivity index (χ4n) is 2.99. The van der Waals surface area contributed by atoms with Gasteiger partial charge in [0, 0.05) is 34.3 Å². The zero-order valence-electron chi connectivity index (χ0n) is 9.48. The monoisotopic (exact) mass is 241 g/mol. The van der Waals surface area contributed by atoms with Gasteiger partial charge in [-0.25, -0.2) is 0 Å². The van der Waals surface area contributed by atoms with E-state index in [1.807, 2.05) is 0 Å². The quantitative estimate of drug-likeness (QED) is 0.803. The highest BCUT2D eigenvalue weighted by atomic mass is 32.2.